The highest BCUT2D eigenvalue weighted by Gasteiger charge is 2.15. The second-order valence-electron chi connectivity index (χ2n) is 4.81. The van der Waals surface area contributed by atoms with Gasteiger partial charge in [0.2, 0.25) is 0 Å². The maximum atomic E-state index is 11.8. The summed E-state index contributed by atoms with van der Waals surface area (Å²) in [4.78, 5) is 23.5. The van der Waals surface area contributed by atoms with Crippen molar-refractivity contribution in [3.05, 3.63) is 65.2 Å². The van der Waals surface area contributed by atoms with Crippen molar-refractivity contribution < 1.29 is 19.4 Å². The number of amides is 1. The van der Waals surface area contributed by atoms with Crippen LogP contribution in [-0.2, 0) is 16.1 Å². The van der Waals surface area contributed by atoms with Crippen LogP contribution in [0, 0.1) is 6.92 Å². The third-order valence-corrected chi connectivity index (χ3v) is 3.12. The maximum absolute atomic E-state index is 11.8. The monoisotopic (exact) mass is 299 g/mol. The summed E-state index contributed by atoms with van der Waals surface area (Å²) in [7, 11) is 0. The van der Waals surface area contributed by atoms with Crippen molar-refractivity contribution in [1.82, 2.24) is 5.32 Å². The van der Waals surface area contributed by atoms with Gasteiger partial charge >= 0.3 is 5.97 Å². The number of phenols is 1. The van der Waals surface area contributed by atoms with Gasteiger partial charge in [0.05, 0.1) is 0 Å². The molecule has 0 saturated carbocycles. The highest BCUT2D eigenvalue weighted by Crippen LogP contribution is 2.21. The SMILES string of the molecule is Cc1cccc(C(=O)OCC(=O)NCc2ccccc2)c1O. The Kier molecular flexibility index (Phi) is 5.14. The third-order valence-electron chi connectivity index (χ3n) is 3.12. The minimum atomic E-state index is -0.726. The van der Waals surface area contributed by atoms with E-state index in [1.54, 1.807) is 19.1 Å². The molecular weight excluding hydrogens is 282 g/mol. The molecule has 0 atom stereocenters. The average Bonchev–Trinajstić information content (AvgIpc) is 2.54. The van der Waals surface area contributed by atoms with Crippen LogP contribution in [0.4, 0.5) is 0 Å². The van der Waals surface area contributed by atoms with Crippen LogP contribution in [0.3, 0.4) is 0 Å². The fraction of sp³-hybridized carbons (Fsp3) is 0.176. The first-order valence-corrected chi connectivity index (χ1v) is 6.84. The van der Waals surface area contributed by atoms with E-state index in [4.69, 9.17) is 4.74 Å². The number of esters is 1. The second-order valence-corrected chi connectivity index (χ2v) is 4.81. The van der Waals surface area contributed by atoms with E-state index in [0.717, 1.165) is 5.56 Å². The molecule has 0 fully saturated rings. The fourth-order valence-electron chi connectivity index (χ4n) is 1.88. The van der Waals surface area contributed by atoms with Crippen molar-refractivity contribution >= 4 is 11.9 Å². The normalized spacial score (nSPS) is 10.0. The second kappa shape index (κ2) is 7.26. The number of carbonyl (C=O) groups excluding carboxylic acids is 2. The number of aromatic hydroxyl groups is 1. The first kappa shape index (κ1) is 15.6. The number of aryl methyl sites for hydroxylation is 1. The van der Waals surface area contributed by atoms with Gasteiger partial charge < -0.3 is 15.2 Å². The average molecular weight is 299 g/mol. The predicted molar refractivity (Wildman–Crippen MR) is 81.4 cm³/mol. The topological polar surface area (TPSA) is 75.6 Å². The zero-order valence-corrected chi connectivity index (χ0v) is 12.2. The minimum Gasteiger partial charge on any atom is -0.507 e. The van der Waals surface area contributed by atoms with Gasteiger partial charge in [0.15, 0.2) is 6.61 Å². The van der Waals surface area contributed by atoms with E-state index in [1.807, 2.05) is 30.3 Å². The lowest BCUT2D eigenvalue weighted by Crippen LogP contribution is -2.28. The van der Waals surface area contributed by atoms with Crippen LogP contribution in [0.15, 0.2) is 48.5 Å². The quantitative estimate of drug-likeness (QED) is 0.830. The summed E-state index contributed by atoms with van der Waals surface area (Å²) in [5, 5.41) is 12.4. The Hall–Kier alpha value is -2.82. The molecule has 0 saturated heterocycles. The van der Waals surface area contributed by atoms with Crippen molar-refractivity contribution in [2.24, 2.45) is 0 Å². The summed E-state index contributed by atoms with van der Waals surface area (Å²) in [5.74, 6) is -1.25. The Morgan fingerprint density at radius 3 is 2.55 bits per heavy atom. The molecule has 0 aliphatic carbocycles. The zero-order chi connectivity index (χ0) is 15.9. The predicted octanol–water partition coefficient (Wildman–Crippen LogP) is 2.17. The van der Waals surface area contributed by atoms with Gasteiger partial charge in [-0.25, -0.2) is 4.79 Å². The first-order chi connectivity index (χ1) is 10.6. The van der Waals surface area contributed by atoms with Gasteiger partial charge in [0, 0.05) is 6.54 Å². The van der Waals surface area contributed by atoms with E-state index in [2.05, 4.69) is 5.32 Å². The van der Waals surface area contributed by atoms with Crippen molar-refractivity contribution in [3.8, 4) is 5.75 Å². The van der Waals surface area contributed by atoms with E-state index in [1.165, 1.54) is 6.07 Å². The number of benzene rings is 2. The minimum absolute atomic E-state index is 0.0517. The molecule has 2 aromatic carbocycles. The van der Waals surface area contributed by atoms with Crippen molar-refractivity contribution in [3.63, 3.8) is 0 Å². The van der Waals surface area contributed by atoms with E-state index in [-0.39, 0.29) is 17.9 Å². The van der Waals surface area contributed by atoms with Crippen molar-refractivity contribution in [2.45, 2.75) is 13.5 Å². The van der Waals surface area contributed by atoms with E-state index in [0.29, 0.717) is 12.1 Å². The number of carbonyl (C=O) groups is 2. The van der Waals surface area contributed by atoms with E-state index in [9.17, 15) is 14.7 Å². The molecule has 5 nitrogen and oxygen atoms in total. The van der Waals surface area contributed by atoms with Gasteiger partial charge in [-0.05, 0) is 24.1 Å². The molecule has 0 heterocycles. The highest BCUT2D eigenvalue weighted by atomic mass is 16.5. The van der Waals surface area contributed by atoms with E-state index >= 15 is 0 Å². The number of nitrogens with one attached hydrogen (secondary N) is 1. The molecule has 114 valence electrons. The summed E-state index contributed by atoms with van der Waals surface area (Å²) < 4.78 is 4.90. The van der Waals surface area contributed by atoms with Crippen LogP contribution in [0.2, 0.25) is 0 Å². The Bertz CT molecular complexity index is 668. The fourth-order valence-corrected chi connectivity index (χ4v) is 1.88. The van der Waals surface area contributed by atoms with Gasteiger partial charge in [-0.15, -0.1) is 0 Å². The molecule has 22 heavy (non-hydrogen) atoms. The largest absolute Gasteiger partial charge is 0.507 e. The zero-order valence-electron chi connectivity index (χ0n) is 12.2. The highest BCUT2D eigenvalue weighted by molar-refractivity contribution is 5.94. The molecule has 0 aliphatic rings. The molecular formula is C17H17NO4. The summed E-state index contributed by atoms with van der Waals surface area (Å²) >= 11 is 0. The molecule has 5 heteroatoms. The first-order valence-electron chi connectivity index (χ1n) is 6.84. The number of hydrogen-bond donors (Lipinski definition) is 2. The molecule has 0 bridgehead atoms. The molecule has 1 amide bonds. The van der Waals surface area contributed by atoms with Gasteiger partial charge in [-0.1, -0.05) is 42.5 Å². The summed E-state index contributed by atoms with van der Waals surface area (Å²) in [5.41, 5.74) is 1.58. The molecule has 2 rings (SSSR count). The Balaban J connectivity index is 1.83. The molecule has 0 aliphatic heterocycles. The smallest absolute Gasteiger partial charge is 0.342 e. The summed E-state index contributed by atoms with van der Waals surface area (Å²) in [6, 6.07) is 14.2. The number of ether oxygens (including phenoxy) is 1. The number of hydrogen-bond acceptors (Lipinski definition) is 4. The lowest BCUT2D eigenvalue weighted by molar-refractivity contribution is -0.124. The number of para-hydroxylation sites is 1. The van der Waals surface area contributed by atoms with Crippen LogP contribution >= 0.6 is 0 Å². The van der Waals surface area contributed by atoms with Gasteiger partial charge in [0.1, 0.15) is 11.3 Å². The third kappa shape index (κ3) is 4.09. The standard InChI is InChI=1S/C17H17NO4/c1-12-6-5-9-14(16(12)20)17(21)22-11-15(19)18-10-13-7-3-2-4-8-13/h2-9,20H,10-11H2,1H3,(H,18,19). The number of rotatable bonds is 5. The van der Waals surface area contributed by atoms with Crippen molar-refractivity contribution in [1.29, 1.82) is 0 Å². The summed E-state index contributed by atoms with van der Waals surface area (Å²) in [6.07, 6.45) is 0. The van der Waals surface area contributed by atoms with Crippen molar-refractivity contribution in [2.75, 3.05) is 6.61 Å². The number of phenolic OH excluding ortho intramolecular Hbond substituents is 1. The van der Waals surface area contributed by atoms with E-state index < -0.39 is 11.9 Å². The van der Waals surface area contributed by atoms with Crippen LogP contribution in [0.5, 0.6) is 5.75 Å². The molecule has 2 aromatic rings. The molecule has 0 radical (unpaired) electrons. The van der Waals surface area contributed by atoms with Gasteiger partial charge in [0.25, 0.3) is 5.91 Å². The Morgan fingerprint density at radius 1 is 1.09 bits per heavy atom. The Labute approximate surface area is 128 Å². The lowest BCUT2D eigenvalue weighted by Gasteiger charge is -2.08. The molecule has 0 unspecified atom stereocenters. The van der Waals surface area contributed by atoms with Gasteiger partial charge in [-0.3, -0.25) is 4.79 Å². The molecule has 2 N–H and O–H groups in total. The van der Waals surface area contributed by atoms with Crippen LogP contribution in [0.25, 0.3) is 0 Å². The van der Waals surface area contributed by atoms with Crippen LogP contribution in [-0.4, -0.2) is 23.6 Å². The lowest BCUT2D eigenvalue weighted by atomic mass is 10.1. The Morgan fingerprint density at radius 2 is 1.82 bits per heavy atom. The molecule has 0 aromatic heterocycles. The molecule has 0 spiro atoms. The van der Waals surface area contributed by atoms with Crippen LogP contribution < -0.4 is 5.32 Å². The van der Waals surface area contributed by atoms with Gasteiger partial charge in [-0.2, -0.15) is 0 Å². The summed E-state index contributed by atoms with van der Waals surface area (Å²) in [6.45, 7) is 1.66. The van der Waals surface area contributed by atoms with Crippen LogP contribution in [0.1, 0.15) is 21.5 Å². The maximum Gasteiger partial charge on any atom is 0.342 e.